The number of hydrogen-bond acceptors (Lipinski definition) is 5. The standard InChI is InChI=1S/C23H27N3O6/c24-17(13-16-9-5-2-6-10-16)21(28)26(19(23(31)32)14-20(25)27)18(22(29)30)12-11-15-7-3-1-4-8-15/h1-10,17-19H,11-14,24H2,(H2,25,27)(H,29,30)(H,31,32)/t17-,18?,19-/m0/s1. The number of nitrogens with two attached hydrogens (primary N) is 2. The number of benzene rings is 2. The lowest BCUT2D eigenvalue weighted by atomic mass is 9.98. The van der Waals surface area contributed by atoms with Crippen LogP contribution in [0, 0.1) is 0 Å². The summed E-state index contributed by atoms with van der Waals surface area (Å²) in [7, 11) is 0. The third-order valence-corrected chi connectivity index (χ3v) is 5.06. The summed E-state index contributed by atoms with van der Waals surface area (Å²) in [6.07, 6.45) is -0.442. The monoisotopic (exact) mass is 441 g/mol. The van der Waals surface area contributed by atoms with E-state index in [1.165, 1.54) is 0 Å². The first kappa shape index (κ1) is 24.5. The van der Waals surface area contributed by atoms with Crippen molar-refractivity contribution in [1.82, 2.24) is 4.90 Å². The molecule has 0 saturated carbocycles. The molecule has 0 aromatic heterocycles. The van der Waals surface area contributed by atoms with Gasteiger partial charge in [0.25, 0.3) is 0 Å². The summed E-state index contributed by atoms with van der Waals surface area (Å²) in [4.78, 5) is 49.5. The van der Waals surface area contributed by atoms with Gasteiger partial charge in [-0.2, -0.15) is 0 Å². The van der Waals surface area contributed by atoms with Crippen LogP contribution in [0.1, 0.15) is 24.0 Å². The quantitative estimate of drug-likeness (QED) is 0.378. The molecule has 3 atom stereocenters. The van der Waals surface area contributed by atoms with E-state index in [9.17, 15) is 29.4 Å². The van der Waals surface area contributed by atoms with E-state index in [0.29, 0.717) is 4.90 Å². The molecule has 1 unspecified atom stereocenters. The topological polar surface area (TPSA) is 164 Å². The highest BCUT2D eigenvalue weighted by molar-refractivity contribution is 5.93. The minimum atomic E-state index is -1.75. The van der Waals surface area contributed by atoms with Crippen LogP contribution in [0.4, 0.5) is 0 Å². The number of carboxylic acid groups (broad SMARTS) is 2. The molecule has 0 fully saturated rings. The minimum absolute atomic E-state index is 0.0638. The summed E-state index contributed by atoms with van der Waals surface area (Å²) in [5.41, 5.74) is 12.8. The summed E-state index contributed by atoms with van der Waals surface area (Å²) in [6, 6.07) is 13.3. The predicted molar refractivity (Wildman–Crippen MR) is 116 cm³/mol. The summed E-state index contributed by atoms with van der Waals surface area (Å²) >= 11 is 0. The molecular weight excluding hydrogens is 414 g/mol. The molecule has 2 amide bonds. The zero-order valence-corrected chi connectivity index (χ0v) is 17.5. The maximum atomic E-state index is 13.3. The Kier molecular flexibility index (Phi) is 8.91. The number of carbonyl (C=O) groups is 4. The van der Waals surface area contributed by atoms with Gasteiger partial charge in [-0.3, -0.25) is 9.59 Å². The normalized spacial score (nSPS) is 13.5. The molecule has 6 N–H and O–H groups in total. The molecule has 2 aromatic rings. The van der Waals surface area contributed by atoms with E-state index in [-0.39, 0.29) is 19.3 Å². The predicted octanol–water partition coefficient (Wildman–Crippen LogP) is 0.800. The molecule has 0 saturated heterocycles. The Morgan fingerprint density at radius 3 is 1.78 bits per heavy atom. The molecule has 170 valence electrons. The van der Waals surface area contributed by atoms with Crippen molar-refractivity contribution in [2.24, 2.45) is 11.5 Å². The van der Waals surface area contributed by atoms with Crippen LogP contribution < -0.4 is 11.5 Å². The van der Waals surface area contributed by atoms with Crippen molar-refractivity contribution < 1.29 is 29.4 Å². The molecule has 0 aliphatic rings. The average molecular weight is 441 g/mol. The van der Waals surface area contributed by atoms with Crippen LogP contribution in [0.2, 0.25) is 0 Å². The highest BCUT2D eigenvalue weighted by Crippen LogP contribution is 2.19. The van der Waals surface area contributed by atoms with Crippen molar-refractivity contribution >= 4 is 23.8 Å². The van der Waals surface area contributed by atoms with Crippen molar-refractivity contribution in [3.63, 3.8) is 0 Å². The van der Waals surface area contributed by atoms with Crippen molar-refractivity contribution in [3.8, 4) is 0 Å². The lowest BCUT2D eigenvalue weighted by Gasteiger charge is -2.35. The second-order valence-corrected chi connectivity index (χ2v) is 7.44. The smallest absolute Gasteiger partial charge is 0.326 e. The zero-order chi connectivity index (χ0) is 23.7. The second kappa shape index (κ2) is 11.6. The highest BCUT2D eigenvalue weighted by atomic mass is 16.4. The van der Waals surface area contributed by atoms with Crippen molar-refractivity contribution in [2.45, 2.75) is 43.8 Å². The lowest BCUT2D eigenvalue weighted by molar-refractivity contribution is -0.161. The van der Waals surface area contributed by atoms with E-state index in [2.05, 4.69) is 0 Å². The Morgan fingerprint density at radius 1 is 0.812 bits per heavy atom. The summed E-state index contributed by atoms with van der Waals surface area (Å²) in [5, 5.41) is 19.6. The van der Waals surface area contributed by atoms with E-state index >= 15 is 0 Å². The van der Waals surface area contributed by atoms with Crippen LogP contribution in [-0.2, 0) is 32.0 Å². The van der Waals surface area contributed by atoms with Gasteiger partial charge in [-0.25, -0.2) is 9.59 Å². The van der Waals surface area contributed by atoms with E-state index in [0.717, 1.165) is 11.1 Å². The van der Waals surface area contributed by atoms with Gasteiger partial charge < -0.3 is 26.6 Å². The van der Waals surface area contributed by atoms with Gasteiger partial charge in [0, 0.05) is 0 Å². The minimum Gasteiger partial charge on any atom is -0.480 e. The van der Waals surface area contributed by atoms with Gasteiger partial charge in [0.15, 0.2) is 0 Å². The fourth-order valence-electron chi connectivity index (χ4n) is 3.50. The molecule has 0 heterocycles. The maximum absolute atomic E-state index is 13.3. The van der Waals surface area contributed by atoms with E-state index in [4.69, 9.17) is 11.5 Å². The molecule has 2 rings (SSSR count). The summed E-state index contributed by atoms with van der Waals surface area (Å²) in [5.74, 6) is -4.77. The fourth-order valence-corrected chi connectivity index (χ4v) is 3.50. The molecule has 32 heavy (non-hydrogen) atoms. The van der Waals surface area contributed by atoms with Crippen LogP contribution in [0.15, 0.2) is 60.7 Å². The Hall–Kier alpha value is -3.72. The number of carbonyl (C=O) groups excluding carboxylic acids is 2. The molecule has 0 aliphatic carbocycles. The molecule has 9 heteroatoms. The molecule has 9 nitrogen and oxygen atoms in total. The van der Waals surface area contributed by atoms with E-state index in [1.54, 1.807) is 54.6 Å². The molecule has 0 aliphatic heterocycles. The number of hydrogen-bond donors (Lipinski definition) is 4. The Balaban J connectivity index is 2.37. The number of aryl methyl sites for hydroxylation is 1. The zero-order valence-electron chi connectivity index (χ0n) is 17.5. The molecule has 2 aromatic carbocycles. The van der Waals surface area contributed by atoms with Crippen molar-refractivity contribution in [3.05, 3.63) is 71.8 Å². The van der Waals surface area contributed by atoms with Gasteiger partial charge in [0.2, 0.25) is 11.8 Å². The van der Waals surface area contributed by atoms with Gasteiger partial charge in [0.1, 0.15) is 12.1 Å². The molecular formula is C23H27N3O6. The number of nitrogens with zero attached hydrogens (tertiary/aromatic N) is 1. The molecule has 0 bridgehead atoms. The van der Waals surface area contributed by atoms with Crippen molar-refractivity contribution in [2.75, 3.05) is 0 Å². The Labute approximate surface area is 185 Å². The number of carboxylic acids is 2. The number of amides is 2. The second-order valence-electron chi connectivity index (χ2n) is 7.44. The van der Waals surface area contributed by atoms with Crippen LogP contribution in [0.5, 0.6) is 0 Å². The van der Waals surface area contributed by atoms with Gasteiger partial charge in [-0.05, 0) is 30.4 Å². The van der Waals surface area contributed by atoms with E-state index in [1.807, 2.05) is 6.07 Å². The van der Waals surface area contributed by atoms with Crippen LogP contribution in [0.3, 0.4) is 0 Å². The first-order valence-electron chi connectivity index (χ1n) is 10.1. The highest BCUT2D eigenvalue weighted by Gasteiger charge is 2.41. The average Bonchev–Trinajstić information content (AvgIpc) is 2.75. The van der Waals surface area contributed by atoms with Gasteiger partial charge in [-0.1, -0.05) is 60.7 Å². The lowest BCUT2D eigenvalue weighted by Crippen LogP contribution is -2.59. The Morgan fingerprint density at radius 2 is 1.31 bits per heavy atom. The van der Waals surface area contributed by atoms with Gasteiger partial charge in [-0.15, -0.1) is 0 Å². The van der Waals surface area contributed by atoms with Gasteiger partial charge in [0.05, 0.1) is 12.5 Å². The van der Waals surface area contributed by atoms with Gasteiger partial charge >= 0.3 is 11.9 Å². The summed E-state index contributed by atoms with van der Waals surface area (Å²) in [6.45, 7) is 0. The molecule has 0 radical (unpaired) electrons. The number of rotatable bonds is 12. The van der Waals surface area contributed by atoms with Crippen molar-refractivity contribution in [1.29, 1.82) is 0 Å². The van der Waals surface area contributed by atoms with Crippen LogP contribution in [0.25, 0.3) is 0 Å². The SMILES string of the molecule is NC(=O)C[C@@H](C(=O)O)N(C(=O)[C@@H](N)Cc1ccccc1)C(CCc1ccccc1)C(=O)O. The number of primary amides is 1. The first-order valence-corrected chi connectivity index (χ1v) is 10.1. The third kappa shape index (κ3) is 6.92. The van der Waals surface area contributed by atoms with Crippen LogP contribution >= 0.6 is 0 Å². The maximum Gasteiger partial charge on any atom is 0.326 e. The molecule has 0 spiro atoms. The largest absolute Gasteiger partial charge is 0.480 e. The van der Waals surface area contributed by atoms with Crippen LogP contribution in [-0.4, -0.2) is 57.0 Å². The third-order valence-electron chi connectivity index (χ3n) is 5.06. The Bertz CT molecular complexity index is 935. The summed E-state index contributed by atoms with van der Waals surface area (Å²) < 4.78 is 0. The van der Waals surface area contributed by atoms with E-state index < -0.39 is 48.3 Å². The fraction of sp³-hybridized carbons (Fsp3) is 0.304. The first-order chi connectivity index (χ1) is 15.2. The number of aliphatic carboxylic acids is 2.